The van der Waals surface area contributed by atoms with Crippen molar-refractivity contribution in [1.29, 1.82) is 0 Å². The lowest BCUT2D eigenvalue weighted by atomic mass is 10.1. The van der Waals surface area contributed by atoms with E-state index in [1.807, 2.05) is 11.6 Å². The summed E-state index contributed by atoms with van der Waals surface area (Å²) in [7, 11) is 1.66. The maximum atomic E-state index is 6.02. The summed E-state index contributed by atoms with van der Waals surface area (Å²) in [6.07, 6.45) is 1.65. The SMILES string of the molecule is COCCn1ncc(Cl)c1C(C)CN. The van der Waals surface area contributed by atoms with Gasteiger partial charge in [-0.25, -0.2) is 0 Å². The molecule has 14 heavy (non-hydrogen) atoms. The number of nitrogens with two attached hydrogens (primary N) is 1. The Morgan fingerprint density at radius 1 is 1.71 bits per heavy atom. The minimum absolute atomic E-state index is 0.224. The van der Waals surface area contributed by atoms with E-state index in [1.54, 1.807) is 13.3 Å². The van der Waals surface area contributed by atoms with Gasteiger partial charge in [-0.2, -0.15) is 5.10 Å². The van der Waals surface area contributed by atoms with Crippen molar-refractivity contribution in [2.45, 2.75) is 19.4 Å². The van der Waals surface area contributed by atoms with Gasteiger partial charge in [0.1, 0.15) is 0 Å². The van der Waals surface area contributed by atoms with Crippen LogP contribution in [0.3, 0.4) is 0 Å². The molecule has 1 atom stereocenters. The average molecular weight is 218 g/mol. The molecule has 0 aromatic carbocycles. The van der Waals surface area contributed by atoms with Gasteiger partial charge in [0.15, 0.2) is 0 Å². The fourth-order valence-corrected chi connectivity index (χ4v) is 1.66. The first-order valence-corrected chi connectivity index (χ1v) is 4.98. The molecule has 1 aromatic rings. The molecule has 80 valence electrons. The molecule has 0 aliphatic rings. The molecule has 0 amide bonds. The molecule has 0 aliphatic heterocycles. The molecular weight excluding hydrogens is 202 g/mol. The van der Waals surface area contributed by atoms with Crippen molar-refractivity contribution >= 4 is 11.6 Å². The van der Waals surface area contributed by atoms with E-state index in [9.17, 15) is 0 Å². The number of methoxy groups -OCH3 is 1. The van der Waals surface area contributed by atoms with E-state index < -0.39 is 0 Å². The molecule has 0 bridgehead atoms. The Kier molecular flexibility index (Phi) is 4.38. The highest BCUT2D eigenvalue weighted by molar-refractivity contribution is 6.31. The predicted octanol–water partition coefficient (Wildman–Crippen LogP) is 1.25. The van der Waals surface area contributed by atoms with Gasteiger partial charge in [0.2, 0.25) is 0 Å². The summed E-state index contributed by atoms with van der Waals surface area (Å²) in [6, 6.07) is 0. The van der Waals surface area contributed by atoms with Crippen LogP contribution in [0.25, 0.3) is 0 Å². The van der Waals surface area contributed by atoms with Gasteiger partial charge in [0, 0.05) is 19.6 Å². The number of halogens is 1. The highest BCUT2D eigenvalue weighted by atomic mass is 35.5. The maximum Gasteiger partial charge on any atom is 0.0821 e. The van der Waals surface area contributed by atoms with Crippen LogP contribution in [0.15, 0.2) is 6.20 Å². The third-order valence-corrected chi connectivity index (χ3v) is 2.45. The van der Waals surface area contributed by atoms with Crippen molar-refractivity contribution in [2.75, 3.05) is 20.3 Å². The lowest BCUT2D eigenvalue weighted by molar-refractivity contribution is 0.182. The van der Waals surface area contributed by atoms with Gasteiger partial charge in [-0.05, 0) is 0 Å². The normalized spacial score (nSPS) is 13.1. The number of aromatic nitrogens is 2. The Balaban J connectivity index is 2.82. The van der Waals surface area contributed by atoms with Crippen LogP contribution < -0.4 is 5.73 Å². The molecule has 0 saturated heterocycles. The second-order valence-electron chi connectivity index (χ2n) is 3.23. The third-order valence-electron chi connectivity index (χ3n) is 2.16. The molecular formula is C9H16ClN3O. The quantitative estimate of drug-likeness (QED) is 0.808. The van der Waals surface area contributed by atoms with Crippen LogP contribution in [-0.2, 0) is 11.3 Å². The fourth-order valence-electron chi connectivity index (χ4n) is 1.33. The first-order valence-electron chi connectivity index (χ1n) is 4.61. The lowest BCUT2D eigenvalue weighted by Gasteiger charge is -2.12. The van der Waals surface area contributed by atoms with Crippen LogP contribution in [0, 0.1) is 0 Å². The van der Waals surface area contributed by atoms with Gasteiger partial charge >= 0.3 is 0 Å². The maximum absolute atomic E-state index is 6.02. The second kappa shape index (κ2) is 5.34. The first kappa shape index (κ1) is 11.5. The molecule has 4 nitrogen and oxygen atoms in total. The number of hydrogen-bond acceptors (Lipinski definition) is 3. The molecule has 1 rings (SSSR count). The summed E-state index contributed by atoms with van der Waals surface area (Å²) < 4.78 is 6.84. The van der Waals surface area contributed by atoms with Gasteiger partial charge in [-0.15, -0.1) is 0 Å². The summed E-state index contributed by atoms with van der Waals surface area (Å²) in [5.41, 5.74) is 6.59. The Morgan fingerprint density at radius 2 is 2.43 bits per heavy atom. The molecule has 1 unspecified atom stereocenters. The number of hydrogen-bond donors (Lipinski definition) is 1. The third kappa shape index (κ3) is 2.47. The van der Waals surface area contributed by atoms with Crippen molar-refractivity contribution < 1.29 is 4.74 Å². The van der Waals surface area contributed by atoms with E-state index in [0.717, 1.165) is 5.69 Å². The van der Waals surface area contributed by atoms with Gasteiger partial charge in [0.25, 0.3) is 0 Å². The minimum atomic E-state index is 0.224. The zero-order valence-corrected chi connectivity index (χ0v) is 9.29. The van der Waals surface area contributed by atoms with Crippen LogP contribution in [0.5, 0.6) is 0 Å². The summed E-state index contributed by atoms with van der Waals surface area (Å²) in [4.78, 5) is 0. The Labute approximate surface area is 89.0 Å². The molecule has 1 aromatic heterocycles. The highest BCUT2D eigenvalue weighted by Crippen LogP contribution is 2.23. The van der Waals surface area contributed by atoms with E-state index >= 15 is 0 Å². The van der Waals surface area contributed by atoms with Crippen molar-refractivity contribution in [2.24, 2.45) is 5.73 Å². The number of nitrogens with zero attached hydrogens (tertiary/aromatic N) is 2. The van der Waals surface area contributed by atoms with Crippen LogP contribution in [0.4, 0.5) is 0 Å². The largest absolute Gasteiger partial charge is 0.383 e. The minimum Gasteiger partial charge on any atom is -0.383 e. The molecule has 5 heteroatoms. The molecule has 1 heterocycles. The van der Waals surface area contributed by atoms with E-state index in [0.29, 0.717) is 24.7 Å². The summed E-state index contributed by atoms with van der Waals surface area (Å²) in [5, 5.41) is 4.85. The van der Waals surface area contributed by atoms with Gasteiger partial charge in [0.05, 0.1) is 30.1 Å². The van der Waals surface area contributed by atoms with Gasteiger partial charge in [-0.1, -0.05) is 18.5 Å². The molecule has 2 N–H and O–H groups in total. The van der Waals surface area contributed by atoms with Crippen molar-refractivity contribution in [3.05, 3.63) is 16.9 Å². The smallest absolute Gasteiger partial charge is 0.0821 e. The molecule has 0 aliphatic carbocycles. The predicted molar refractivity (Wildman–Crippen MR) is 56.6 cm³/mol. The van der Waals surface area contributed by atoms with Crippen molar-refractivity contribution in [3.8, 4) is 0 Å². The Bertz CT molecular complexity index is 288. The van der Waals surface area contributed by atoms with Crippen LogP contribution in [0.1, 0.15) is 18.5 Å². The van der Waals surface area contributed by atoms with Crippen LogP contribution in [0.2, 0.25) is 5.02 Å². The number of rotatable bonds is 5. The summed E-state index contributed by atoms with van der Waals surface area (Å²) >= 11 is 6.02. The fraction of sp³-hybridized carbons (Fsp3) is 0.667. The van der Waals surface area contributed by atoms with E-state index in [2.05, 4.69) is 5.10 Å². The van der Waals surface area contributed by atoms with Crippen molar-refractivity contribution in [1.82, 2.24) is 9.78 Å². The number of ether oxygens (including phenoxy) is 1. The monoisotopic (exact) mass is 217 g/mol. The standard InChI is InChI=1S/C9H16ClN3O/c1-7(5-11)9-8(10)6-12-13(9)3-4-14-2/h6-7H,3-5,11H2,1-2H3. The van der Waals surface area contributed by atoms with E-state index in [4.69, 9.17) is 22.1 Å². The first-order chi connectivity index (χ1) is 6.70. The Hall–Kier alpha value is -0.580. The van der Waals surface area contributed by atoms with Gasteiger partial charge < -0.3 is 10.5 Å². The Morgan fingerprint density at radius 3 is 3.00 bits per heavy atom. The van der Waals surface area contributed by atoms with Crippen LogP contribution in [-0.4, -0.2) is 30.0 Å². The van der Waals surface area contributed by atoms with Crippen LogP contribution >= 0.6 is 11.6 Å². The van der Waals surface area contributed by atoms with Crippen molar-refractivity contribution in [3.63, 3.8) is 0 Å². The molecule has 0 spiro atoms. The highest BCUT2D eigenvalue weighted by Gasteiger charge is 2.14. The summed E-state index contributed by atoms with van der Waals surface area (Å²) in [6.45, 7) is 3.94. The topological polar surface area (TPSA) is 53.1 Å². The zero-order valence-electron chi connectivity index (χ0n) is 8.53. The van der Waals surface area contributed by atoms with Gasteiger partial charge in [-0.3, -0.25) is 4.68 Å². The van der Waals surface area contributed by atoms with E-state index in [-0.39, 0.29) is 5.92 Å². The molecule has 0 fully saturated rings. The second-order valence-corrected chi connectivity index (χ2v) is 3.64. The molecule has 0 saturated carbocycles. The lowest BCUT2D eigenvalue weighted by Crippen LogP contribution is -2.16. The zero-order chi connectivity index (χ0) is 10.6. The summed E-state index contributed by atoms with van der Waals surface area (Å²) in [5.74, 6) is 0.224. The average Bonchev–Trinajstić information content (AvgIpc) is 2.55. The van der Waals surface area contributed by atoms with E-state index in [1.165, 1.54) is 0 Å². The molecule has 0 radical (unpaired) electrons.